The number of carboxylic acid groups (broad SMARTS) is 1. The number of carbonyl (C=O) groups excluding carboxylic acids is 1. The molecule has 5 heteroatoms. The number of benzene rings is 1. The Morgan fingerprint density at radius 2 is 2.21 bits per heavy atom. The molecule has 1 aromatic rings. The lowest BCUT2D eigenvalue weighted by Gasteiger charge is -2.29. The van der Waals surface area contributed by atoms with Crippen molar-refractivity contribution >= 4 is 18.7 Å². The normalized spacial score (nSPS) is 17.6. The van der Waals surface area contributed by atoms with Gasteiger partial charge >= 0.3 is 12.9 Å². The molecule has 2 rings (SSSR count). The van der Waals surface area contributed by atoms with Crippen molar-refractivity contribution in [3.63, 3.8) is 0 Å². The van der Waals surface area contributed by atoms with Crippen LogP contribution < -0.4 is 4.65 Å². The predicted octanol–water partition coefficient (Wildman–Crippen LogP) is 2.68. The molecule has 0 spiro atoms. The average molecular weight is 260 g/mol. The fourth-order valence-electron chi connectivity index (χ4n) is 2.46. The third-order valence-electron chi connectivity index (χ3n) is 3.66. The van der Waals surface area contributed by atoms with Crippen LogP contribution in [0.5, 0.6) is 5.75 Å². The third kappa shape index (κ3) is 2.80. The molecule has 0 bridgehead atoms. The molecule has 19 heavy (non-hydrogen) atoms. The quantitative estimate of drug-likeness (QED) is 0.845. The zero-order valence-electron chi connectivity index (χ0n) is 11.2. The van der Waals surface area contributed by atoms with E-state index in [9.17, 15) is 9.59 Å². The maximum atomic E-state index is 11.6. The van der Waals surface area contributed by atoms with Crippen molar-refractivity contribution in [3.05, 3.63) is 29.3 Å². The van der Waals surface area contributed by atoms with Gasteiger partial charge in [0.15, 0.2) is 0 Å². The zero-order valence-corrected chi connectivity index (χ0v) is 11.2. The molecule has 0 aromatic heterocycles. The molecule has 1 aromatic carbocycles. The number of rotatable bonds is 4. The zero-order chi connectivity index (χ0) is 14.0. The maximum Gasteiger partial charge on any atom is 0.358 e. The SMILES string of the molecule is CCC(=O)CC1Cc2cccc(C(=O)O)c2OB1C. The van der Waals surface area contributed by atoms with Crippen LogP contribution in [-0.2, 0) is 11.2 Å². The Morgan fingerprint density at radius 3 is 2.84 bits per heavy atom. The molecular formula is C14H17BO4. The summed E-state index contributed by atoms with van der Waals surface area (Å²) in [6.07, 6.45) is 1.73. The minimum atomic E-state index is -0.980. The van der Waals surface area contributed by atoms with Gasteiger partial charge in [-0.15, -0.1) is 0 Å². The summed E-state index contributed by atoms with van der Waals surface area (Å²) < 4.78 is 5.75. The van der Waals surface area contributed by atoms with Gasteiger partial charge < -0.3 is 9.76 Å². The maximum absolute atomic E-state index is 11.6. The van der Waals surface area contributed by atoms with Crippen LogP contribution >= 0.6 is 0 Å². The van der Waals surface area contributed by atoms with E-state index in [1.165, 1.54) is 0 Å². The summed E-state index contributed by atoms with van der Waals surface area (Å²) in [6, 6.07) is 5.14. The minimum absolute atomic E-state index is 0.129. The van der Waals surface area contributed by atoms with Crippen molar-refractivity contribution in [2.45, 2.75) is 38.8 Å². The Labute approximate surface area is 112 Å². The summed E-state index contributed by atoms with van der Waals surface area (Å²) in [6.45, 7) is 3.62. The first-order valence-electron chi connectivity index (χ1n) is 6.56. The number of para-hydroxylation sites is 1. The van der Waals surface area contributed by atoms with Gasteiger partial charge in [0.25, 0.3) is 0 Å². The molecule has 0 fully saturated rings. The van der Waals surface area contributed by atoms with Crippen LogP contribution in [0.2, 0.25) is 12.6 Å². The molecule has 1 unspecified atom stereocenters. The van der Waals surface area contributed by atoms with E-state index >= 15 is 0 Å². The van der Waals surface area contributed by atoms with Gasteiger partial charge in [-0.3, -0.25) is 4.79 Å². The van der Waals surface area contributed by atoms with Crippen LogP contribution in [0.25, 0.3) is 0 Å². The second-order valence-corrected chi connectivity index (χ2v) is 4.98. The highest BCUT2D eigenvalue weighted by molar-refractivity contribution is 6.53. The predicted molar refractivity (Wildman–Crippen MR) is 73.0 cm³/mol. The number of hydrogen-bond donors (Lipinski definition) is 1. The van der Waals surface area contributed by atoms with Crippen LogP contribution in [0.1, 0.15) is 35.7 Å². The Balaban J connectivity index is 2.26. The molecule has 4 nitrogen and oxygen atoms in total. The van der Waals surface area contributed by atoms with E-state index in [4.69, 9.17) is 9.76 Å². The summed E-state index contributed by atoms with van der Waals surface area (Å²) in [4.78, 5) is 22.7. The van der Waals surface area contributed by atoms with Gasteiger partial charge in [0.2, 0.25) is 0 Å². The van der Waals surface area contributed by atoms with E-state index in [-0.39, 0.29) is 24.1 Å². The highest BCUT2D eigenvalue weighted by Crippen LogP contribution is 2.36. The topological polar surface area (TPSA) is 63.6 Å². The van der Waals surface area contributed by atoms with Crippen LogP contribution in [0.4, 0.5) is 0 Å². The fraction of sp³-hybridized carbons (Fsp3) is 0.429. The van der Waals surface area contributed by atoms with E-state index in [1.807, 2.05) is 19.8 Å². The molecule has 0 saturated carbocycles. The smallest absolute Gasteiger partial charge is 0.358 e. The van der Waals surface area contributed by atoms with Crippen molar-refractivity contribution in [2.24, 2.45) is 0 Å². The number of Topliss-reactive ketones (excluding diaryl/α,β-unsaturated/α-hetero) is 1. The first-order valence-corrected chi connectivity index (χ1v) is 6.56. The number of aromatic carboxylic acids is 1. The first-order chi connectivity index (χ1) is 9.02. The van der Waals surface area contributed by atoms with E-state index in [0.717, 1.165) is 5.56 Å². The van der Waals surface area contributed by atoms with Crippen molar-refractivity contribution < 1.29 is 19.3 Å². The second-order valence-electron chi connectivity index (χ2n) is 4.98. The van der Waals surface area contributed by atoms with Gasteiger partial charge in [0.05, 0.1) is 5.56 Å². The van der Waals surface area contributed by atoms with Gasteiger partial charge in [-0.05, 0) is 30.7 Å². The molecule has 1 N–H and O–H groups in total. The van der Waals surface area contributed by atoms with Gasteiger partial charge in [-0.25, -0.2) is 4.79 Å². The summed E-state index contributed by atoms with van der Waals surface area (Å²) in [7, 11) is 0. The largest absolute Gasteiger partial charge is 0.560 e. The van der Waals surface area contributed by atoms with Crippen LogP contribution in [0.15, 0.2) is 18.2 Å². The van der Waals surface area contributed by atoms with E-state index in [2.05, 4.69) is 0 Å². The van der Waals surface area contributed by atoms with Gasteiger partial charge in [0, 0.05) is 12.8 Å². The molecule has 0 saturated heterocycles. The highest BCUT2D eigenvalue weighted by Gasteiger charge is 2.34. The summed E-state index contributed by atoms with van der Waals surface area (Å²) >= 11 is 0. The van der Waals surface area contributed by atoms with Crippen molar-refractivity contribution in [2.75, 3.05) is 0 Å². The van der Waals surface area contributed by atoms with E-state index < -0.39 is 5.97 Å². The van der Waals surface area contributed by atoms with Crippen molar-refractivity contribution in [1.82, 2.24) is 0 Å². The van der Waals surface area contributed by atoms with Crippen LogP contribution in [0, 0.1) is 0 Å². The number of carboxylic acids is 1. The Hall–Kier alpha value is -1.78. The number of fused-ring (bicyclic) bond motifs is 1. The molecule has 1 aliphatic heterocycles. The van der Waals surface area contributed by atoms with Crippen molar-refractivity contribution in [3.8, 4) is 5.75 Å². The highest BCUT2D eigenvalue weighted by atomic mass is 16.4. The minimum Gasteiger partial charge on any atom is -0.560 e. The fourth-order valence-corrected chi connectivity index (χ4v) is 2.46. The Morgan fingerprint density at radius 1 is 1.47 bits per heavy atom. The first kappa shape index (κ1) is 13.7. The second kappa shape index (κ2) is 5.47. The molecule has 100 valence electrons. The monoisotopic (exact) mass is 260 g/mol. The molecule has 1 aliphatic rings. The molecule has 1 atom stereocenters. The van der Waals surface area contributed by atoms with E-state index in [1.54, 1.807) is 12.1 Å². The lowest BCUT2D eigenvalue weighted by atomic mass is 9.53. The molecular weight excluding hydrogens is 243 g/mol. The molecule has 1 heterocycles. The van der Waals surface area contributed by atoms with Gasteiger partial charge in [-0.1, -0.05) is 19.1 Å². The summed E-state index contributed by atoms with van der Waals surface area (Å²) in [5, 5.41) is 9.14. The average Bonchev–Trinajstić information content (AvgIpc) is 2.38. The summed E-state index contributed by atoms with van der Waals surface area (Å²) in [5.74, 6) is -0.169. The standard InChI is InChI=1S/C14H17BO4/c1-3-11(16)8-10-7-9-5-4-6-12(14(17)18)13(9)19-15(10)2/h4-6,10H,3,7-8H2,1-2H3,(H,17,18). The molecule has 0 amide bonds. The van der Waals surface area contributed by atoms with Crippen LogP contribution in [-0.4, -0.2) is 23.8 Å². The van der Waals surface area contributed by atoms with Gasteiger partial charge in [0.1, 0.15) is 11.5 Å². The van der Waals surface area contributed by atoms with Crippen LogP contribution in [0.3, 0.4) is 0 Å². The third-order valence-corrected chi connectivity index (χ3v) is 3.66. The molecule has 0 radical (unpaired) electrons. The number of carbonyl (C=O) groups is 2. The van der Waals surface area contributed by atoms with Crippen molar-refractivity contribution in [1.29, 1.82) is 0 Å². The number of hydrogen-bond acceptors (Lipinski definition) is 3. The Bertz CT molecular complexity index is 512. The summed E-state index contributed by atoms with van der Waals surface area (Å²) in [5.41, 5.74) is 1.08. The Kier molecular flexibility index (Phi) is 3.93. The number of ketones is 1. The van der Waals surface area contributed by atoms with E-state index in [0.29, 0.717) is 25.0 Å². The van der Waals surface area contributed by atoms with Gasteiger partial charge in [-0.2, -0.15) is 0 Å². The molecule has 0 aliphatic carbocycles. The lowest BCUT2D eigenvalue weighted by molar-refractivity contribution is -0.118. The lowest BCUT2D eigenvalue weighted by Crippen LogP contribution is -2.33.